The average Bonchev–Trinajstić information content (AvgIpc) is 2.09. The highest BCUT2D eigenvalue weighted by Gasteiger charge is 2.20. The van der Waals surface area contributed by atoms with Crippen LogP contribution in [0.5, 0.6) is 0 Å². The van der Waals surface area contributed by atoms with E-state index in [9.17, 15) is 0 Å². The summed E-state index contributed by atoms with van der Waals surface area (Å²) >= 11 is 0. The lowest BCUT2D eigenvalue weighted by Gasteiger charge is -2.22. The number of rotatable bonds is 2. The molecule has 82 valence electrons. The maximum absolute atomic E-state index is 5.74. The van der Waals surface area contributed by atoms with E-state index in [1.165, 1.54) is 0 Å². The molecule has 0 saturated heterocycles. The van der Waals surface area contributed by atoms with Gasteiger partial charge in [0.15, 0.2) is 0 Å². The van der Waals surface area contributed by atoms with Gasteiger partial charge in [-0.2, -0.15) is 0 Å². The topological polar surface area (TPSA) is 20.5 Å². The smallest absolute Gasteiger partial charge is 0.353 e. The minimum absolute atomic E-state index is 0.188. The van der Waals surface area contributed by atoms with Crippen molar-refractivity contribution in [2.24, 2.45) is 0 Å². The fraction of sp³-hybridized carbons (Fsp3) is 0.462. The quantitative estimate of drug-likeness (QED) is 0.503. The molecule has 0 fully saturated rings. The molecule has 15 heavy (non-hydrogen) atoms. The van der Waals surface area contributed by atoms with Crippen molar-refractivity contribution in [3.63, 3.8) is 0 Å². The maximum Gasteiger partial charge on any atom is 0.353 e. The Kier molecular flexibility index (Phi) is 3.51. The Morgan fingerprint density at radius 1 is 1.33 bits per heavy atom. The molecule has 0 bridgehead atoms. The van der Waals surface area contributed by atoms with E-state index < -0.39 is 0 Å². The largest absolute Gasteiger partial charge is 0.488 e. The third-order valence-corrected chi connectivity index (χ3v) is 1.76. The SMILES string of the molecule is C=C1C=CC(OC(C)(C)C)=CC1=[O+]CC. The van der Waals surface area contributed by atoms with E-state index >= 15 is 0 Å². The van der Waals surface area contributed by atoms with Gasteiger partial charge in [0.1, 0.15) is 11.4 Å². The van der Waals surface area contributed by atoms with Crippen LogP contribution in [0, 0.1) is 0 Å². The van der Waals surface area contributed by atoms with Crippen LogP contribution in [0.1, 0.15) is 27.7 Å². The third kappa shape index (κ3) is 3.74. The van der Waals surface area contributed by atoms with Crippen molar-refractivity contribution in [1.82, 2.24) is 0 Å². The van der Waals surface area contributed by atoms with Gasteiger partial charge in [-0.25, -0.2) is 0 Å². The zero-order valence-corrected chi connectivity index (χ0v) is 9.96. The summed E-state index contributed by atoms with van der Waals surface area (Å²) in [5, 5.41) is 0. The minimum Gasteiger partial charge on any atom is -0.488 e. The lowest BCUT2D eigenvalue weighted by molar-refractivity contribution is -0.450. The van der Waals surface area contributed by atoms with Crippen molar-refractivity contribution >= 4 is 5.78 Å². The Balaban J connectivity index is 2.84. The maximum atomic E-state index is 5.74. The number of hydrogen-bond donors (Lipinski definition) is 0. The average molecular weight is 207 g/mol. The molecular weight excluding hydrogens is 188 g/mol. The third-order valence-electron chi connectivity index (χ3n) is 1.76. The molecule has 0 radical (unpaired) electrons. The number of hydrogen-bond acceptors (Lipinski definition) is 1. The van der Waals surface area contributed by atoms with Gasteiger partial charge in [-0.15, -0.1) is 0 Å². The number of carbonyl (C=O) groups excluding carboxylic acids is 1. The van der Waals surface area contributed by atoms with Crippen molar-refractivity contribution in [3.05, 3.63) is 36.1 Å². The van der Waals surface area contributed by atoms with Crippen LogP contribution in [-0.2, 0) is 9.16 Å². The molecule has 1 rings (SSSR count). The highest BCUT2D eigenvalue weighted by atomic mass is 16.5. The molecule has 2 nitrogen and oxygen atoms in total. The first-order chi connectivity index (χ1) is 6.92. The zero-order chi connectivity index (χ0) is 11.5. The minimum atomic E-state index is -0.188. The fourth-order valence-corrected chi connectivity index (χ4v) is 1.24. The summed E-state index contributed by atoms with van der Waals surface area (Å²) in [6.07, 6.45) is 5.71. The second kappa shape index (κ2) is 4.47. The molecule has 0 saturated carbocycles. The van der Waals surface area contributed by atoms with Crippen molar-refractivity contribution in [3.8, 4) is 0 Å². The Bertz CT molecular complexity index is 338. The van der Waals surface area contributed by atoms with Crippen LogP contribution >= 0.6 is 0 Å². The Morgan fingerprint density at radius 2 is 2.00 bits per heavy atom. The molecule has 0 amide bonds. The fourth-order valence-electron chi connectivity index (χ4n) is 1.24. The lowest BCUT2D eigenvalue weighted by Crippen LogP contribution is -2.20. The molecule has 1 aliphatic rings. The van der Waals surface area contributed by atoms with Crippen LogP contribution < -0.4 is 0 Å². The summed E-state index contributed by atoms with van der Waals surface area (Å²) in [5.41, 5.74) is 0.699. The van der Waals surface area contributed by atoms with Crippen LogP contribution in [0.2, 0.25) is 0 Å². The highest BCUT2D eigenvalue weighted by Crippen LogP contribution is 2.19. The molecule has 1 aliphatic carbocycles. The summed E-state index contributed by atoms with van der Waals surface area (Å²) in [6, 6.07) is 0. The Hall–Kier alpha value is -1.31. The molecule has 0 spiro atoms. The summed E-state index contributed by atoms with van der Waals surface area (Å²) in [6.45, 7) is 12.5. The predicted octanol–water partition coefficient (Wildman–Crippen LogP) is 2.94. The highest BCUT2D eigenvalue weighted by molar-refractivity contribution is 6.07. The van der Waals surface area contributed by atoms with E-state index in [-0.39, 0.29) is 5.60 Å². The van der Waals surface area contributed by atoms with Crippen molar-refractivity contribution < 1.29 is 9.16 Å². The van der Waals surface area contributed by atoms with Crippen LogP contribution in [-0.4, -0.2) is 18.0 Å². The predicted molar refractivity (Wildman–Crippen MR) is 62.7 cm³/mol. The van der Waals surface area contributed by atoms with E-state index in [1.807, 2.05) is 45.9 Å². The van der Waals surface area contributed by atoms with Gasteiger partial charge in [0.25, 0.3) is 6.61 Å². The van der Waals surface area contributed by atoms with Crippen LogP contribution in [0.25, 0.3) is 0 Å². The lowest BCUT2D eigenvalue weighted by atomic mass is 10.1. The summed E-state index contributed by atoms with van der Waals surface area (Å²) in [5.74, 6) is 1.61. The molecule has 0 N–H and O–H groups in total. The van der Waals surface area contributed by atoms with E-state index in [4.69, 9.17) is 9.16 Å². The molecule has 0 unspecified atom stereocenters. The Labute approximate surface area is 91.6 Å². The van der Waals surface area contributed by atoms with Crippen molar-refractivity contribution in [2.75, 3.05) is 6.61 Å². The first kappa shape index (κ1) is 11.8. The number of allylic oxidation sites excluding steroid dienone is 4. The van der Waals surface area contributed by atoms with E-state index in [0.717, 1.165) is 17.1 Å². The van der Waals surface area contributed by atoms with Crippen molar-refractivity contribution in [1.29, 1.82) is 0 Å². The van der Waals surface area contributed by atoms with Gasteiger partial charge in [0, 0.05) is 6.92 Å². The molecule has 0 aromatic rings. The van der Waals surface area contributed by atoms with Crippen LogP contribution in [0.15, 0.2) is 36.1 Å². The van der Waals surface area contributed by atoms with Crippen molar-refractivity contribution in [2.45, 2.75) is 33.3 Å². The summed E-state index contributed by atoms with van der Waals surface area (Å²) in [7, 11) is 0. The number of ketones is 1. The van der Waals surface area contributed by atoms with Crippen LogP contribution in [0.3, 0.4) is 0 Å². The molecule has 2 heteroatoms. The van der Waals surface area contributed by atoms with Gasteiger partial charge in [-0.1, -0.05) is 6.58 Å². The molecular formula is C13H19O2+. The molecule has 0 aromatic carbocycles. The molecule has 0 atom stereocenters. The van der Waals surface area contributed by atoms with Gasteiger partial charge in [-0.05, 0) is 32.9 Å². The van der Waals surface area contributed by atoms with Crippen LogP contribution in [0.4, 0.5) is 0 Å². The summed E-state index contributed by atoms with van der Waals surface area (Å²) in [4.78, 5) is 0. The zero-order valence-electron chi connectivity index (χ0n) is 9.96. The molecule has 0 aliphatic heterocycles. The van der Waals surface area contributed by atoms with E-state index in [1.54, 1.807) is 0 Å². The molecule has 0 heterocycles. The van der Waals surface area contributed by atoms with Gasteiger partial charge in [0.2, 0.25) is 0 Å². The Morgan fingerprint density at radius 3 is 2.53 bits per heavy atom. The van der Waals surface area contributed by atoms with Gasteiger partial charge >= 0.3 is 5.78 Å². The number of ether oxygens (including phenoxy) is 1. The second-order valence-corrected chi connectivity index (χ2v) is 4.42. The van der Waals surface area contributed by atoms with Gasteiger partial charge < -0.3 is 4.74 Å². The van der Waals surface area contributed by atoms with E-state index in [0.29, 0.717) is 6.61 Å². The second-order valence-electron chi connectivity index (χ2n) is 4.42. The van der Waals surface area contributed by atoms with Gasteiger partial charge in [0.05, 0.1) is 11.6 Å². The van der Waals surface area contributed by atoms with Gasteiger partial charge in [-0.3, -0.25) is 4.42 Å². The first-order valence-electron chi connectivity index (χ1n) is 5.20. The van der Waals surface area contributed by atoms with E-state index in [2.05, 4.69) is 6.58 Å². The monoisotopic (exact) mass is 207 g/mol. The normalized spacial score (nSPS) is 19.3. The molecule has 0 aromatic heterocycles. The standard InChI is InChI=1S/C13H19O2/c1-6-14-12-9-11(8-7-10(12)2)15-13(3,4)5/h7-9H,2,6H2,1,3-5H3/q+1. The first-order valence-corrected chi connectivity index (χ1v) is 5.20. The summed E-state index contributed by atoms with van der Waals surface area (Å²) < 4.78 is 11.2.